The van der Waals surface area contributed by atoms with Gasteiger partial charge in [0, 0.05) is 24.2 Å². The molecule has 1 aliphatic carbocycles. The molecule has 1 amide bonds. The number of carbonyl (C=O) groups excluding carboxylic acids is 1. The van der Waals surface area contributed by atoms with E-state index < -0.39 is 0 Å². The number of likely N-dealkylation sites (tertiary alicyclic amines) is 1. The van der Waals surface area contributed by atoms with Gasteiger partial charge in [-0.1, -0.05) is 20.3 Å². The standard InChI is InChI=1S/C18H26N2O3/c1-12(2)14-7-6-13(16(22)19-14)17(23)20-10-4-9-18(11-20)8-3-5-15(18)21/h6-7,12,15,21H,3-5,8-11H2,1-2H3,(H,19,22)/t15-,18-/m1/s1. The van der Waals surface area contributed by atoms with Gasteiger partial charge in [0.05, 0.1) is 6.10 Å². The molecule has 2 heterocycles. The predicted octanol–water partition coefficient (Wildman–Crippen LogP) is 2.27. The molecule has 5 nitrogen and oxygen atoms in total. The fourth-order valence-corrected chi connectivity index (χ4v) is 4.09. The third kappa shape index (κ3) is 2.94. The first-order valence-corrected chi connectivity index (χ1v) is 8.63. The number of pyridine rings is 1. The molecule has 0 unspecified atom stereocenters. The summed E-state index contributed by atoms with van der Waals surface area (Å²) in [6.07, 6.45) is 4.37. The molecule has 126 valence electrons. The number of carbonyl (C=O) groups is 1. The topological polar surface area (TPSA) is 73.4 Å². The Morgan fingerprint density at radius 3 is 2.70 bits per heavy atom. The number of nitrogens with zero attached hydrogens (tertiary/aromatic N) is 1. The van der Waals surface area contributed by atoms with E-state index in [9.17, 15) is 14.7 Å². The van der Waals surface area contributed by atoms with Gasteiger partial charge in [0.2, 0.25) is 0 Å². The molecule has 1 aliphatic heterocycles. The Hall–Kier alpha value is -1.62. The van der Waals surface area contributed by atoms with Crippen LogP contribution in [-0.2, 0) is 0 Å². The van der Waals surface area contributed by atoms with Gasteiger partial charge in [-0.15, -0.1) is 0 Å². The number of piperidine rings is 1. The normalized spacial score (nSPS) is 27.8. The predicted molar refractivity (Wildman–Crippen MR) is 88.6 cm³/mol. The van der Waals surface area contributed by atoms with E-state index in [1.54, 1.807) is 11.0 Å². The van der Waals surface area contributed by atoms with E-state index in [4.69, 9.17) is 0 Å². The van der Waals surface area contributed by atoms with Crippen LogP contribution < -0.4 is 5.56 Å². The molecule has 5 heteroatoms. The van der Waals surface area contributed by atoms with Gasteiger partial charge < -0.3 is 15.0 Å². The molecule has 0 aromatic carbocycles. The van der Waals surface area contributed by atoms with E-state index in [2.05, 4.69) is 4.98 Å². The minimum absolute atomic E-state index is 0.154. The highest BCUT2D eigenvalue weighted by molar-refractivity contribution is 5.94. The molecule has 1 aromatic rings. The Morgan fingerprint density at radius 2 is 2.09 bits per heavy atom. The van der Waals surface area contributed by atoms with Crippen molar-refractivity contribution >= 4 is 5.91 Å². The number of aromatic nitrogens is 1. The lowest BCUT2D eigenvalue weighted by Gasteiger charge is -2.42. The van der Waals surface area contributed by atoms with Crippen molar-refractivity contribution in [1.29, 1.82) is 0 Å². The number of aromatic amines is 1. The van der Waals surface area contributed by atoms with E-state index in [-0.39, 0.29) is 34.5 Å². The molecule has 0 bridgehead atoms. The SMILES string of the molecule is CC(C)c1ccc(C(=O)N2CCC[C@]3(CCC[C@H]3O)C2)c(=O)[nH]1. The van der Waals surface area contributed by atoms with E-state index >= 15 is 0 Å². The Kier molecular flexibility index (Phi) is 4.32. The van der Waals surface area contributed by atoms with Gasteiger partial charge in [-0.25, -0.2) is 0 Å². The minimum Gasteiger partial charge on any atom is -0.392 e. The lowest BCUT2D eigenvalue weighted by Crippen LogP contribution is -2.50. The van der Waals surface area contributed by atoms with Crippen LogP contribution in [0.15, 0.2) is 16.9 Å². The van der Waals surface area contributed by atoms with Crippen LogP contribution in [0.4, 0.5) is 0 Å². The number of rotatable bonds is 2. The molecular formula is C18H26N2O3. The number of nitrogens with one attached hydrogen (secondary N) is 1. The number of hydrogen-bond donors (Lipinski definition) is 2. The quantitative estimate of drug-likeness (QED) is 0.878. The molecular weight excluding hydrogens is 292 g/mol. The maximum Gasteiger partial charge on any atom is 0.261 e. The summed E-state index contributed by atoms with van der Waals surface area (Å²) in [5, 5.41) is 10.3. The smallest absolute Gasteiger partial charge is 0.261 e. The van der Waals surface area contributed by atoms with Gasteiger partial charge in [-0.2, -0.15) is 0 Å². The first-order chi connectivity index (χ1) is 10.9. The fraction of sp³-hybridized carbons (Fsp3) is 0.667. The van der Waals surface area contributed by atoms with Crippen LogP contribution >= 0.6 is 0 Å². The zero-order chi connectivity index (χ0) is 16.6. The zero-order valence-electron chi connectivity index (χ0n) is 14.0. The van der Waals surface area contributed by atoms with Crippen LogP contribution in [0.3, 0.4) is 0 Å². The second-order valence-electron chi connectivity index (χ2n) is 7.41. The van der Waals surface area contributed by atoms with Crippen LogP contribution in [0.25, 0.3) is 0 Å². The summed E-state index contributed by atoms with van der Waals surface area (Å²) in [5.41, 5.74) is 0.582. The second kappa shape index (κ2) is 6.11. The van der Waals surface area contributed by atoms with Crippen molar-refractivity contribution in [1.82, 2.24) is 9.88 Å². The van der Waals surface area contributed by atoms with Gasteiger partial charge in [-0.3, -0.25) is 9.59 Å². The van der Waals surface area contributed by atoms with Crippen LogP contribution in [0.2, 0.25) is 0 Å². The molecule has 2 aliphatic rings. The summed E-state index contributed by atoms with van der Waals surface area (Å²) in [6, 6.07) is 3.46. The Bertz CT molecular complexity index is 652. The van der Waals surface area contributed by atoms with Crippen molar-refractivity contribution in [3.63, 3.8) is 0 Å². The molecule has 1 spiro atoms. The molecule has 23 heavy (non-hydrogen) atoms. The van der Waals surface area contributed by atoms with Crippen molar-refractivity contribution in [2.75, 3.05) is 13.1 Å². The lowest BCUT2D eigenvalue weighted by molar-refractivity contribution is -0.00541. The number of amides is 1. The summed E-state index contributed by atoms with van der Waals surface area (Å²) in [5.74, 6) is 0.0125. The fourth-order valence-electron chi connectivity index (χ4n) is 4.09. The molecule has 2 fully saturated rings. The van der Waals surface area contributed by atoms with E-state index in [0.29, 0.717) is 13.1 Å². The van der Waals surface area contributed by atoms with Gasteiger partial charge in [0.15, 0.2) is 0 Å². The highest BCUT2D eigenvalue weighted by Gasteiger charge is 2.45. The largest absolute Gasteiger partial charge is 0.392 e. The van der Waals surface area contributed by atoms with Gasteiger partial charge in [-0.05, 0) is 43.7 Å². The number of aliphatic hydroxyl groups is 1. The summed E-state index contributed by atoms with van der Waals surface area (Å²) in [4.78, 5) is 29.6. The lowest BCUT2D eigenvalue weighted by atomic mass is 9.76. The average molecular weight is 318 g/mol. The second-order valence-corrected chi connectivity index (χ2v) is 7.41. The van der Waals surface area contributed by atoms with E-state index in [1.807, 2.05) is 19.9 Å². The summed E-state index contributed by atoms with van der Waals surface area (Å²) in [6.45, 7) is 5.24. The maximum atomic E-state index is 12.8. The Labute approximate surface area is 136 Å². The summed E-state index contributed by atoms with van der Waals surface area (Å²) in [7, 11) is 0. The molecule has 1 aromatic heterocycles. The Morgan fingerprint density at radius 1 is 1.35 bits per heavy atom. The Balaban J connectivity index is 1.82. The molecule has 1 saturated heterocycles. The van der Waals surface area contributed by atoms with Crippen LogP contribution in [0.5, 0.6) is 0 Å². The van der Waals surface area contributed by atoms with Crippen LogP contribution in [-0.4, -0.2) is 40.1 Å². The third-order valence-corrected chi connectivity index (χ3v) is 5.54. The number of aliphatic hydroxyl groups excluding tert-OH is 1. The average Bonchev–Trinajstić information content (AvgIpc) is 2.87. The summed E-state index contributed by atoms with van der Waals surface area (Å²) < 4.78 is 0. The molecule has 2 atom stereocenters. The van der Waals surface area contributed by atoms with Crippen LogP contribution in [0, 0.1) is 5.41 Å². The van der Waals surface area contributed by atoms with E-state index in [1.165, 1.54) is 0 Å². The van der Waals surface area contributed by atoms with Gasteiger partial charge >= 0.3 is 0 Å². The van der Waals surface area contributed by atoms with Crippen molar-refractivity contribution in [3.05, 3.63) is 33.7 Å². The van der Waals surface area contributed by atoms with Crippen molar-refractivity contribution in [2.24, 2.45) is 5.41 Å². The number of H-pyrrole nitrogens is 1. The van der Waals surface area contributed by atoms with Crippen molar-refractivity contribution in [2.45, 2.75) is 58.0 Å². The first kappa shape index (κ1) is 16.2. The zero-order valence-corrected chi connectivity index (χ0v) is 14.0. The third-order valence-electron chi connectivity index (χ3n) is 5.54. The molecule has 3 rings (SSSR count). The molecule has 1 saturated carbocycles. The minimum atomic E-state index is -0.320. The van der Waals surface area contributed by atoms with Crippen LogP contribution in [0.1, 0.15) is 67.9 Å². The highest BCUT2D eigenvalue weighted by Crippen LogP contribution is 2.45. The van der Waals surface area contributed by atoms with Crippen molar-refractivity contribution in [3.8, 4) is 0 Å². The van der Waals surface area contributed by atoms with Crippen molar-refractivity contribution < 1.29 is 9.90 Å². The van der Waals surface area contributed by atoms with Gasteiger partial charge in [0.1, 0.15) is 5.56 Å². The summed E-state index contributed by atoms with van der Waals surface area (Å²) >= 11 is 0. The molecule has 2 N–H and O–H groups in total. The number of hydrogen-bond acceptors (Lipinski definition) is 3. The monoisotopic (exact) mass is 318 g/mol. The molecule has 0 radical (unpaired) electrons. The highest BCUT2D eigenvalue weighted by atomic mass is 16.3. The maximum absolute atomic E-state index is 12.8. The first-order valence-electron chi connectivity index (χ1n) is 8.63. The van der Waals surface area contributed by atoms with E-state index in [0.717, 1.165) is 37.8 Å². The van der Waals surface area contributed by atoms with Gasteiger partial charge in [0.25, 0.3) is 11.5 Å².